The van der Waals surface area contributed by atoms with Gasteiger partial charge < -0.3 is 15.4 Å². The minimum absolute atomic E-state index is 0.0493. The third-order valence-electron chi connectivity index (χ3n) is 3.57. The lowest BCUT2D eigenvalue weighted by molar-refractivity contribution is -0.120. The number of amides is 1. The van der Waals surface area contributed by atoms with Crippen molar-refractivity contribution in [2.45, 2.75) is 12.5 Å². The van der Waals surface area contributed by atoms with Gasteiger partial charge in [-0.1, -0.05) is 24.3 Å². The smallest absolute Gasteiger partial charge is 0.239 e. The molecule has 2 N–H and O–H groups in total. The molecule has 1 atom stereocenters. The predicted molar refractivity (Wildman–Crippen MR) is 82.3 cm³/mol. The molecule has 5 heteroatoms. The maximum Gasteiger partial charge on any atom is 0.239 e. The van der Waals surface area contributed by atoms with Crippen LogP contribution >= 0.6 is 0 Å². The number of fused-ring (bicyclic) bond motifs is 1. The molecule has 1 unspecified atom stereocenters. The van der Waals surface area contributed by atoms with Crippen molar-refractivity contribution in [3.8, 4) is 5.75 Å². The molecule has 1 aliphatic rings. The number of halogens is 1. The molecule has 0 fully saturated rings. The molecule has 4 nitrogen and oxygen atoms in total. The molecule has 0 saturated heterocycles. The summed E-state index contributed by atoms with van der Waals surface area (Å²) in [6.45, 7) is 0.683. The lowest BCUT2D eigenvalue weighted by atomic mass is 10.0. The van der Waals surface area contributed by atoms with E-state index in [0.717, 1.165) is 17.7 Å². The highest BCUT2D eigenvalue weighted by molar-refractivity contribution is 5.81. The average Bonchev–Trinajstić information content (AvgIpc) is 2.53. The Morgan fingerprint density at radius 3 is 2.95 bits per heavy atom. The molecule has 1 heterocycles. The highest BCUT2D eigenvalue weighted by atomic mass is 19.1. The van der Waals surface area contributed by atoms with Gasteiger partial charge in [-0.3, -0.25) is 4.79 Å². The van der Waals surface area contributed by atoms with Crippen LogP contribution in [0.15, 0.2) is 48.5 Å². The molecule has 0 spiro atoms. The fraction of sp³-hybridized carbons (Fsp3) is 0.235. The summed E-state index contributed by atoms with van der Waals surface area (Å²) in [6, 6.07) is 13.7. The van der Waals surface area contributed by atoms with Crippen LogP contribution in [-0.4, -0.2) is 19.1 Å². The van der Waals surface area contributed by atoms with Crippen LogP contribution in [0.4, 0.5) is 10.1 Å². The Bertz CT molecular complexity index is 675. The zero-order valence-electron chi connectivity index (χ0n) is 12.0. The van der Waals surface area contributed by atoms with E-state index in [2.05, 4.69) is 10.6 Å². The van der Waals surface area contributed by atoms with E-state index < -0.39 is 0 Å². The first-order chi connectivity index (χ1) is 10.7. The van der Waals surface area contributed by atoms with E-state index in [1.807, 2.05) is 24.3 Å². The van der Waals surface area contributed by atoms with Crippen molar-refractivity contribution in [1.82, 2.24) is 5.32 Å². The number of anilines is 1. The van der Waals surface area contributed by atoms with Crippen LogP contribution in [-0.2, 0) is 4.79 Å². The SMILES string of the molecule is O=C(CNc1cccc(F)c1)NC1CCOc2ccccc21. The van der Waals surface area contributed by atoms with E-state index in [9.17, 15) is 9.18 Å². The fourth-order valence-corrected chi connectivity index (χ4v) is 2.52. The highest BCUT2D eigenvalue weighted by Crippen LogP contribution is 2.31. The van der Waals surface area contributed by atoms with E-state index in [1.165, 1.54) is 12.1 Å². The summed E-state index contributed by atoms with van der Waals surface area (Å²) in [5.41, 5.74) is 1.58. The number of hydrogen-bond acceptors (Lipinski definition) is 3. The van der Waals surface area contributed by atoms with Crippen molar-refractivity contribution in [2.24, 2.45) is 0 Å². The number of ether oxygens (including phenoxy) is 1. The molecule has 0 saturated carbocycles. The van der Waals surface area contributed by atoms with Crippen molar-refractivity contribution < 1.29 is 13.9 Å². The largest absolute Gasteiger partial charge is 0.493 e. The first kappa shape index (κ1) is 14.4. The summed E-state index contributed by atoms with van der Waals surface area (Å²) < 4.78 is 18.6. The number of hydrogen-bond donors (Lipinski definition) is 2. The summed E-state index contributed by atoms with van der Waals surface area (Å²) in [6.07, 6.45) is 0.739. The number of nitrogens with one attached hydrogen (secondary N) is 2. The van der Waals surface area contributed by atoms with Crippen molar-refractivity contribution >= 4 is 11.6 Å². The molecule has 2 aromatic rings. The van der Waals surface area contributed by atoms with Gasteiger partial charge in [0.15, 0.2) is 0 Å². The number of benzene rings is 2. The summed E-state index contributed by atoms with van der Waals surface area (Å²) in [7, 11) is 0. The molecule has 0 bridgehead atoms. The molecular weight excluding hydrogens is 283 g/mol. The van der Waals surface area contributed by atoms with Crippen LogP contribution in [0.1, 0.15) is 18.0 Å². The van der Waals surface area contributed by atoms with Gasteiger partial charge in [0.25, 0.3) is 0 Å². The third kappa shape index (κ3) is 3.36. The number of carbonyl (C=O) groups is 1. The van der Waals surface area contributed by atoms with Gasteiger partial charge >= 0.3 is 0 Å². The third-order valence-corrected chi connectivity index (χ3v) is 3.57. The van der Waals surface area contributed by atoms with E-state index in [1.54, 1.807) is 12.1 Å². The first-order valence-electron chi connectivity index (χ1n) is 7.23. The van der Waals surface area contributed by atoms with Crippen molar-refractivity contribution in [1.29, 1.82) is 0 Å². The van der Waals surface area contributed by atoms with Crippen LogP contribution in [0.3, 0.4) is 0 Å². The Labute approximate surface area is 128 Å². The zero-order valence-corrected chi connectivity index (χ0v) is 12.0. The van der Waals surface area contributed by atoms with E-state index in [-0.39, 0.29) is 24.3 Å². The number of carbonyl (C=O) groups excluding carboxylic acids is 1. The second-order valence-corrected chi connectivity index (χ2v) is 5.16. The minimum atomic E-state index is -0.330. The Kier molecular flexibility index (Phi) is 4.23. The Morgan fingerprint density at radius 2 is 2.09 bits per heavy atom. The highest BCUT2D eigenvalue weighted by Gasteiger charge is 2.22. The van der Waals surface area contributed by atoms with E-state index in [0.29, 0.717) is 12.3 Å². The summed E-state index contributed by atoms with van der Waals surface area (Å²) >= 11 is 0. The molecule has 0 radical (unpaired) electrons. The monoisotopic (exact) mass is 300 g/mol. The van der Waals surface area contributed by atoms with Gasteiger partial charge in [0.05, 0.1) is 19.2 Å². The van der Waals surface area contributed by atoms with Crippen LogP contribution in [0.2, 0.25) is 0 Å². The normalized spacial score (nSPS) is 16.3. The van der Waals surface area contributed by atoms with Crippen LogP contribution in [0, 0.1) is 5.82 Å². The molecule has 0 aliphatic carbocycles. The van der Waals surface area contributed by atoms with Crippen LogP contribution < -0.4 is 15.4 Å². The Morgan fingerprint density at radius 1 is 1.23 bits per heavy atom. The summed E-state index contributed by atoms with van der Waals surface area (Å²) in [5.74, 6) is 0.354. The number of rotatable bonds is 4. The second kappa shape index (κ2) is 6.47. The molecule has 1 aliphatic heterocycles. The van der Waals surface area contributed by atoms with Gasteiger partial charge in [0, 0.05) is 17.7 Å². The van der Waals surface area contributed by atoms with Gasteiger partial charge in [0.1, 0.15) is 11.6 Å². The summed E-state index contributed by atoms with van der Waals surface area (Å²) in [4.78, 5) is 12.1. The minimum Gasteiger partial charge on any atom is -0.493 e. The summed E-state index contributed by atoms with van der Waals surface area (Å²) in [5, 5.41) is 5.90. The van der Waals surface area contributed by atoms with Crippen molar-refractivity contribution in [3.63, 3.8) is 0 Å². The average molecular weight is 300 g/mol. The molecule has 1 amide bonds. The van der Waals surface area contributed by atoms with Crippen LogP contribution in [0.25, 0.3) is 0 Å². The standard InChI is InChI=1S/C17H17FN2O2/c18-12-4-3-5-13(10-12)19-11-17(21)20-15-8-9-22-16-7-2-1-6-14(15)16/h1-7,10,15,19H,8-9,11H2,(H,20,21). The predicted octanol–water partition coefficient (Wildman–Crippen LogP) is 2.88. The van der Waals surface area contributed by atoms with Gasteiger partial charge in [-0.2, -0.15) is 0 Å². The zero-order chi connectivity index (χ0) is 15.4. The Hall–Kier alpha value is -2.56. The topological polar surface area (TPSA) is 50.4 Å². The van der Waals surface area contributed by atoms with Gasteiger partial charge in [-0.15, -0.1) is 0 Å². The van der Waals surface area contributed by atoms with Crippen molar-refractivity contribution in [2.75, 3.05) is 18.5 Å². The van der Waals surface area contributed by atoms with Crippen molar-refractivity contribution in [3.05, 3.63) is 59.9 Å². The van der Waals surface area contributed by atoms with Crippen LogP contribution in [0.5, 0.6) is 5.75 Å². The lowest BCUT2D eigenvalue weighted by Crippen LogP contribution is -2.35. The maximum atomic E-state index is 13.1. The Balaban J connectivity index is 1.59. The molecule has 2 aromatic carbocycles. The molecule has 3 rings (SSSR count). The fourth-order valence-electron chi connectivity index (χ4n) is 2.52. The quantitative estimate of drug-likeness (QED) is 0.913. The maximum absolute atomic E-state index is 13.1. The molecular formula is C17H17FN2O2. The first-order valence-corrected chi connectivity index (χ1v) is 7.23. The molecule has 22 heavy (non-hydrogen) atoms. The van der Waals surface area contributed by atoms with Gasteiger partial charge in [-0.05, 0) is 24.3 Å². The molecule has 0 aromatic heterocycles. The lowest BCUT2D eigenvalue weighted by Gasteiger charge is -2.26. The van der Waals surface area contributed by atoms with E-state index in [4.69, 9.17) is 4.74 Å². The van der Waals surface area contributed by atoms with Gasteiger partial charge in [-0.25, -0.2) is 4.39 Å². The molecule has 114 valence electrons. The second-order valence-electron chi connectivity index (χ2n) is 5.16. The van der Waals surface area contributed by atoms with E-state index >= 15 is 0 Å². The number of para-hydroxylation sites is 1. The van der Waals surface area contributed by atoms with Gasteiger partial charge in [0.2, 0.25) is 5.91 Å².